The number of rotatable bonds is 7. The molecule has 2 heterocycles. The number of nitrogens with one attached hydrogen (secondary N) is 1. The van der Waals surface area contributed by atoms with Crippen LogP contribution in [0.3, 0.4) is 0 Å². The van der Waals surface area contributed by atoms with Crippen LogP contribution in [0.1, 0.15) is 10.4 Å². The number of benzene rings is 2. The molecule has 1 aliphatic rings. The Morgan fingerprint density at radius 3 is 2.53 bits per heavy atom. The van der Waals surface area contributed by atoms with Gasteiger partial charge < -0.3 is 19.9 Å². The minimum absolute atomic E-state index is 0.0295. The standard InChI is InChI=1S/C22H22N4O6/c27-20(21(28)23-19-7-8-26(24-19)22(29)30)17-5-6-18(16-4-2-1-3-15(16)17)32-14-11-25-9-12-31-13-10-25/h1-8H,9-14H2,(H,29,30)(H,23,24,28). The van der Waals surface area contributed by atoms with Crippen molar-refractivity contribution in [3.63, 3.8) is 0 Å². The lowest BCUT2D eigenvalue weighted by molar-refractivity contribution is -0.112. The number of Topliss-reactive ketones (excluding diaryl/α,β-unsaturated/α-hetero) is 1. The summed E-state index contributed by atoms with van der Waals surface area (Å²) in [6.45, 7) is 4.44. The molecule has 1 saturated heterocycles. The van der Waals surface area contributed by atoms with Crippen molar-refractivity contribution >= 4 is 34.4 Å². The van der Waals surface area contributed by atoms with Crippen molar-refractivity contribution < 1.29 is 29.0 Å². The van der Waals surface area contributed by atoms with E-state index >= 15 is 0 Å². The molecule has 0 radical (unpaired) electrons. The molecule has 1 aromatic heterocycles. The molecule has 0 saturated carbocycles. The molecule has 166 valence electrons. The van der Waals surface area contributed by atoms with Crippen molar-refractivity contribution in [2.75, 3.05) is 44.8 Å². The molecular weight excluding hydrogens is 416 g/mol. The lowest BCUT2D eigenvalue weighted by Gasteiger charge is -2.26. The molecular formula is C22H22N4O6. The maximum atomic E-state index is 12.8. The third-order valence-electron chi connectivity index (χ3n) is 5.13. The van der Waals surface area contributed by atoms with Gasteiger partial charge in [0.15, 0.2) is 5.82 Å². The predicted octanol–water partition coefficient (Wildman–Crippen LogP) is 2.09. The molecule has 4 rings (SSSR count). The van der Waals surface area contributed by atoms with E-state index in [2.05, 4.69) is 15.3 Å². The normalized spacial score (nSPS) is 14.2. The Hall–Kier alpha value is -3.76. The van der Waals surface area contributed by atoms with Crippen molar-refractivity contribution in [2.45, 2.75) is 0 Å². The number of nitrogens with zero attached hydrogens (tertiary/aromatic N) is 3. The summed E-state index contributed by atoms with van der Waals surface area (Å²) in [5.41, 5.74) is 0.219. The minimum Gasteiger partial charge on any atom is -0.492 e. The van der Waals surface area contributed by atoms with Gasteiger partial charge in [-0.15, -0.1) is 5.10 Å². The average molecular weight is 438 g/mol. The molecule has 0 unspecified atom stereocenters. The lowest BCUT2D eigenvalue weighted by atomic mass is 10.00. The summed E-state index contributed by atoms with van der Waals surface area (Å²) in [6, 6.07) is 11.7. The quantitative estimate of drug-likeness (QED) is 0.425. The van der Waals surface area contributed by atoms with Gasteiger partial charge in [-0.05, 0) is 17.5 Å². The van der Waals surface area contributed by atoms with E-state index in [1.165, 1.54) is 12.3 Å². The number of carbonyl (C=O) groups excluding carboxylic acids is 2. The van der Waals surface area contributed by atoms with Crippen LogP contribution in [-0.2, 0) is 9.53 Å². The van der Waals surface area contributed by atoms with Gasteiger partial charge in [0, 0.05) is 42.8 Å². The number of morpholine rings is 1. The van der Waals surface area contributed by atoms with E-state index in [-0.39, 0.29) is 11.4 Å². The molecule has 2 N–H and O–H groups in total. The number of fused-ring (bicyclic) bond motifs is 1. The topological polar surface area (TPSA) is 123 Å². The zero-order chi connectivity index (χ0) is 22.5. The van der Waals surface area contributed by atoms with Crippen LogP contribution in [0.25, 0.3) is 10.8 Å². The highest BCUT2D eigenvalue weighted by Crippen LogP contribution is 2.29. The molecule has 1 aliphatic heterocycles. The van der Waals surface area contributed by atoms with Gasteiger partial charge in [0.2, 0.25) is 0 Å². The Morgan fingerprint density at radius 2 is 1.81 bits per heavy atom. The Labute approximate surface area is 183 Å². The Morgan fingerprint density at radius 1 is 1.06 bits per heavy atom. The first-order chi connectivity index (χ1) is 15.5. The SMILES string of the molecule is O=C(Nc1ccn(C(=O)O)n1)C(=O)c1ccc(OCCN2CCOCC2)c2ccccc12. The number of carboxylic acid groups (broad SMARTS) is 1. The average Bonchev–Trinajstić information content (AvgIpc) is 3.28. The number of ketones is 1. The fraction of sp³-hybridized carbons (Fsp3) is 0.273. The third kappa shape index (κ3) is 4.76. The highest BCUT2D eigenvalue weighted by Gasteiger charge is 2.21. The second-order valence-electron chi connectivity index (χ2n) is 7.17. The number of carbonyl (C=O) groups is 3. The molecule has 0 spiro atoms. The maximum Gasteiger partial charge on any atom is 0.432 e. The van der Waals surface area contributed by atoms with Crippen LogP contribution in [0.5, 0.6) is 5.75 Å². The van der Waals surface area contributed by atoms with E-state index < -0.39 is 17.8 Å². The summed E-state index contributed by atoms with van der Waals surface area (Å²) < 4.78 is 12.0. The highest BCUT2D eigenvalue weighted by molar-refractivity contribution is 6.48. The summed E-state index contributed by atoms with van der Waals surface area (Å²) >= 11 is 0. The zero-order valence-corrected chi connectivity index (χ0v) is 17.2. The molecule has 1 fully saturated rings. The second kappa shape index (κ2) is 9.58. The number of hydrogen-bond donors (Lipinski definition) is 2. The van der Waals surface area contributed by atoms with Gasteiger partial charge in [0.05, 0.1) is 13.2 Å². The number of aromatic nitrogens is 2. The van der Waals surface area contributed by atoms with Crippen molar-refractivity contribution in [3.05, 3.63) is 54.2 Å². The van der Waals surface area contributed by atoms with E-state index in [1.54, 1.807) is 24.3 Å². The van der Waals surface area contributed by atoms with Crippen molar-refractivity contribution in [1.29, 1.82) is 0 Å². The van der Waals surface area contributed by atoms with Crippen molar-refractivity contribution in [1.82, 2.24) is 14.7 Å². The number of amides is 1. The second-order valence-corrected chi connectivity index (χ2v) is 7.17. The van der Waals surface area contributed by atoms with Gasteiger partial charge in [0.25, 0.3) is 11.7 Å². The molecule has 2 aromatic carbocycles. The summed E-state index contributed by atoms with van der Waals surface area (Å²) in [7, 11) is 0. The van der Waals surface area contributed by atoms with Gasteiger partial charge in [0.1, 0.15) is 12.4 Å². The Kier molecular flexibility index (Phi) is 6.43. The van der Waals surface area contributed by atoms with E-state index in [0.29, 0.717) is 22.4 Å². The van der Waals surface area contributed by atoms with Crippen LogP contribution < -0.4 is 10.1 Å². The monoisotopic (exact) mass is 438 g/mol. The summed E-state index contributed by atoms with van der Waals surface area (Å²) in [5, 5.41) is 16.2. The first-order valence-corrected chi connectivity index (χ1v) is 10.1. The first kappa shape index (κ1) is 21.5. The van der Waals surface area contributed by atoms with E-state index in [0.717, 1.165) is 38.2 Å². The first-order valence-electron chi connectivity index (χ1n) is 10.1. The van der Waals surface area contributed by atoms with Crippen LogP contribution in [0.2, 0.25) is 0 Å². The Bertz CT molecular complexity index is 1150. The molecule has 0 bridgehead atoms. The van der Waals surface area contributed by atoms with Gasteiger partial charge in [-0.3, -0.25) is 14.5 Å². The number of ether oxygens (including phenoxy) is 2. The fourth-order valence-electron chi connectivity index (χ4n) is 3.50. The van der Waals surface area contributed by atoms with Crippen LogP contribution >= 0.6 is 0 Å². The molecule has 0 atom stereocenters. The molecule has 0 aliphatic carbocycles. The molecule has 1 amide bonds. The molecule has 10 nitrogen and oxygen atoms in total. The third-order valence-corrected chi connectivity index (χ3v) is 5.13. The largest absolute Gasteiger partial charge is 0.492 e. The zero-order valence-electron chi connectivity index (χ0n) is 17.2. The van der Waals surface area contributed by atoms with Crippen LogP contribution in [-0.4, -0.2) is 77.0 Å². The van der Waals surface area contributed by atoms with E-state index in [9.17, 15) is 14.4 Å². The smallest absolute Gasteiger partial charge is 0.432 e. The predicted molar refractivity (Wildman–Crippen MR) is 115 cm³/mol. The number of anilines is 1. The van der Waals surface area contributed by atoms with Gasteiger partial charge >= 0.3 is 6.09 Å². The van der Waals surface area contributed by atoms with E-state index in [4.69, 9.17) is 14.6 Å². The van der Waals surface area contributed by atoms with Crippen LogP contribution in [0, 0.1) is 0 Å². The molecule has 10 heteroatoms. The summed E-state index contributed by atoms with van der Waals surface area (Å²) in [6.07, 6.45) is -0.132. The van der Waals surface area contributed by atoms with Crippen molar-refractivity contribution in [3.8, 4) is 5.75 Å². The number of hydrogen-bond acceptors (Lipinski definition) is 7. The van der Waals surface area contributed by atoms with Gasteiger partial charge in [-0.2, -0.15) is 4.68 Å². The summed E-state index contributed by atoms with van der Waals surface area (Å²) in [4.78, 5) is 38.4. The van der Waals surface area contributed by atoms with Gasteiger partial charge in [-0.1, -0.05) is 24.3 Å². The fourth-order valence-corrected chi connectivity index (χ4v) is 3.50. The van der Waals surface area contributed by atoms with Crippen molar-refractivity contribution in [2.24, 2.45) is 0 Å². The van der Waals surface area contributed by atoms with E-state index in [1.807, 2.05) is 12.1 Å². The maximum absolute atomic E-state index is 12.8. The highest BCUT2D eigenvalue weighted by atomic mass is 16.5. The summed E-state index contributed by atoms with van der Waals surface area (Å²) in [5.74, 6) is -1.07. The molecule has 32 heavy (non-hydrogen) atoms. The minimum atomic E-state index is -1.30. The van der Waals surface area contributed by atoms with Crippen LogP contribution in [0.4, 0.5) is 10.6 Å². The molecule has 3 aromatic rings. The Balaban J connectivity index is 1.48. The van der Waals surface area contributed by atoms with Crippen LogP contribution in [0.15, 0.2) is 48.7 Å². The van der Waals surface area contributed by atoms with Gasteiger partial charge in [-0.25, -0.2) is 4.79 Å². The lowest BCUT2D eigenvalue weighted by Crippen LogP contribution is -2.38.